The first-order chi connectivity index (χ1) is 17.4. The Morgan fingerprint density at radius 2 is 1.83 bits per heavy atom. The maximum Gasteiger partial charge on any atom is 0.422 e. The first-order valence-electron chi connectivity index (χ1n) is 11.7. The molecule has 1 saturated carbocycles. The number of hydrogen-bond acceptors (Lipinski definition) is 7. The molecule has 1 aromatic carbocycles. The molecule has 0 saturated heterocycles. The number of anilines is 1. The van der Waals surface area contributed by atoms with E-state index >= 15 is 0 Å². The quantitative estimate of drug-likeness (QED) is 0.327. The lowest BCUT2D eigenvalue weighted by Crippen LogP contribution is -2.28. The number of halogens is 3. The van der Waals surface area contributed by atoms with Gasteiger partial charge in [-0.2, -0.15) is 18.3 Å². The molecule has 0 aliphatic heterocycles. The molecule has 0 radical (unpaired) electrons. The fraction of sp³-hybridized carbons (Fsp3) is 0.375. The van der Waals surface area contributed by atoms with Crippen molar-refractivity contribution in [2.75, 3.05) is 11.5 Å². The Bertz CT molecular complexity index is 1270. The molecule has 0 bridgehead atoms. The molecule has 1 fully saturated rings. The summed E-state index contributed by atoms with van der Waals surface area (Å²) in [5.41, 5.74) is 2.88. The number of ether oxygens (including phenoxy) is 1. The third kappa shape index (κ3) is 5.64. The molecule has 188 valence electrons. The Balaban J connectivity index is 1.34. The minimum Gasteiger partial charge on any atom is -0.468 e. The number of nitrogens with zero attached hydrogens (tertiary/aromatic N) is 8. The fourth-order valence-electron chi connectivity index (χ4n) is 3.93. The Kier molecular flexibility index (Phi) is 6.57. The lowest BCUT2D eigenvalue weighted by atomic mass is 10.2. The van der Waals surface area contributed by atoms with Crippen LogP contribution in [0.5, 0.6) is 5.88 Å². The van der Waals surface area contributed by atoms with Gasteiger partial charge >= 0.3 is 6.18 Å². The van der Waals surface area contributed by atoms with E-state index in [-0.39, 0.29) is 5.88 Å². The molecule has 0 N–H and O–H groups in total. The van der Waals surface area contributed by atoms with Crippen LogP contribution in [0.15, 0.2) is 55.2 Å². The topological polar surface area (TPSA) is 86.8 Å². The highest BCUT2D eigenvalue weighted by Crippen LogP contribution is 2.33. The number of benzene rings is 1. The molecule has 4 aromatic rings. The minimum absolute atomic E-state index is 0.0651. The van der Waals surface area contributed by atoms with Crippen LogP contribution in [0.25, 0.3) is 5.69 Å². The summed E-state index contributed by atoms with van der Waals surface area (Å²) in [7, 11) is 0. The van der Waals surface area contributed by atoms with Gasteiger partial charge in [0.05, 0.1) is 12.2 Å². The highest BCUT2D eigenvalue weighted by atomic mass is 19.4. The molecule has 3 aromatic heterocycles. The lowest BCUT2D eigenvalue weighted by molar-refractivity contribution is -0.154. The standard InChI is InChI=1S/C24H25F3N8O/c1-2-21-31-32-23(34(21)13-18-5-10-22(29-11-18)36-14-24(25,26)27)33(19-8-9-19)12-17-3-6-20(7-4-17)35-16-28-15-30-35/h3-7,10-11,15-16,19H,2,8-9,12-14H2,1H3. The number of rotatable bonds is 10. The first kappa shape index (κ1) is 23.8. The van der Waals surface area contributed by atoms with E-state index < -0.39 is 12.8 Å². The summed E-state index contributed by atoms with van der Waals surface area (Å²) < 4.78 is 45.7. The smallest absolute Gasteiger partial charge is 0.422 e. The first-order valence-corrected chi connectivity index (χ1v) is 11.7. The number of aromatic nitrogens is 7. The Morgan fingerprint density at radius 3 is 2.44 bits per heavy atom. The fourth-order valence-corrected chi connectivity index (χ4v) is 3.93. The van der Waals surface area contributed by atoms with Crippen molar-refractivity contribution in [1.29, 1.82) is 0 Å². The zero-order valence-electron chi connectivity index (χ0n) is 19.6. The molecule has 5 rings (SSSR count). The van der Waals surface area contributed by atoms with Crippen molar-refractivity contribution >= 4 is 5.95 Å². The second kappa shape index (κ2) is 9.96. The number of pyridine rings is 1. The van der Waals surface area contributed by atoms with Crippen molar-refractivity contribution in [3.63, 3.8) is 0 Å². The van der Waals surface area contributed by atoms with Crippen LogP contribution in [0.1, 0.15) is 36.7 Å². The number of alkyl halides is 3. The molecule has 1 aliphatic carbocycles. The van der Waals surface area contributed by atoms with E-state index in [1.165, 1.54) is 18.6 Å². The van der Waals surface area contributed by atoms with Gasteiger partial charge in [0.2, 0.25) is 11.8 Å². The van der Waals surface area contributed by atoms with Crippen molar-refractivity contribution in [2.45, 2.75) is 51.5 Å². The monoisotopic (exact) mass is 498 g/mol. The predicted octanol–water partition coefficient (Wildman–Crippen LogP) is 3.97. The zero-order valence-corrected chi connectivity index (χ0v) is 19.6. The van der Waals surface area contributed by atoms with Crippen LogP contribution >= 0.6 is 0 Å². The SMILES string of the molecule is CCc1nnc(N(Cc2ccc(-n3cncn3)cc2)C2CC2)n1Cc1ccc(OCC(F)(F)F)nc1. The highest BCUT2D eigenvalue weighted by Gasteiger charge is 2.33. The normalized spacial score (nSPS) is 13.7. The van der Waals surface area contributed by atoms with Gasteiger partial charge in [-0.05, 0) is 36.1 Å². The zero-order chi connectivity index (χ0) is 25.1. The van der Waals surface area contributed by atoms with Crippen LogP contribution < -0.4 is 9.64 Å². The molecule has 12 heteroatoms. The van der Waals surface area contributed by atoms with Gasteiger partial charge in [-0.3, -0.25) is 4.57 Å². The molecule has 0 unspecified atom stereocenters. The molecule has 0 amide bonds. The van der Waals surface area contributed by atoms with Gasteiger partial charge in [0.1, 0.15) is 18.5 Å². The molecule has 0 spiro atoms. The van der Waals surface area contributed by atoms with E-state index in [9.17, 15) is 13.2 Å². The largest absolute Gasteiger partial charge is 0.468 e. The Morgan fingerprint density at radius 1 is 1.06 bits per heavy atom. The van der Waals surface area contributed by atoms with Gasteiger partial charge in [0.15, 0.2) is 6.61 Å². The van der Waals surface area contributed by atoms with Crippen LogP contribution in [-0.4, -0.2) is 53.3 Å². The van der Waals surface area contributed by atoms with E-state index in [0.717, 1.165) is 41.4 Å². The summed E-state index contributed by atoms with van der Waals surface area (Å²) in [6.45, 7) is 1.77. The van der Waals surface area contributed by atoms with Crippen LogP contribution in [0.2, 0.25) is 0 Å². The summed E-state index contributed by atoms with van der Waals surface area (Å²) in [4.78, 5) is 10.3. The van der Waals surface area contributed by atoms with Gasteiger partial charge in [-0.25, -0.2) is 14.6 Å². The maximum atomic E-state index is 12.4. The van der Waals surface area contributed by atoms with Gasteiger partial charge in [-0.15, -0.1) is 10.2 Å². The third-order valence-electron chi connectivity index (χ3n) is 5.86. The minimum atomic E-state index is -4.41. The van der Waals surface area contributed by atoms with Crippen molar-refractivity contribution < 1.29 is 17.9 Å². The molecule has 0 atom stereocenters. The van der Waals surface area contributed by atoms with Crippen LogP contribution in [0, 0.1) is 0 Å². The van der Waals surface area contributed by atoms with Crippen molar-refractivity contribution in [2.24, 2.45) is 0 Å². The Labute approximate surface area is 205 Å². The highest BCUT2D eigenvalue weighted by molar-refractivity contribution is 5.40. The summed E-state index contributed by atoms with van der Waals surface area (Å²) >= 11 is 0. The average molecular weight is 499 g/mol. The van der Waals surface area contributed by atoms with Gasteiger partial charge < -0.3 is 9.64 Å². The summed E-state index contributed by atoms with van der Waals surface area (Å²) in [6.07, 6.45) is 3.13. The predicted molar refractivity (Wildman–Crippen MR) is 125 cm³/mol. The van der Waals surface area contributed by atoms with Gasteiger partial charge in [-0.1, -0.05) is 25.1 Å². The molecule has 3 heterocycles. The van der Waals surface area contributed by atoms with Crippen molar-refractivity contribution in [3.8, 4) is 11.6 Å². The maximum absolute atomic E-state index is 12.4. The molecular weight excluding hydrogens is 473 g/mol. The molecular formula is C24H25F3N8O. The third-order valence-corrected chi connectivity index (χ3v) is 5.86. The van der Waals surface area contributed by atoms with E-state index in [2.05, 4.69) is 46.9 Å². The van der Waals surface area contributed by atoms with Gasteiger partial charge in [0, 0.05) is 31.3 Å². The van der Waals surface area contributed by atoms with E-state index in [0.29, 0.717) is 25.6 Å². The van der Waals surface area contributed by atoms with Crippen LogP contribution in [0.4, 0.5) is 19.1 Å². The molecule has 9 nitrogen and oxygen atoms in total. The molecule has 1 aliphatic rings. The van der Waals surface area contributed by atoms with Crippen molar-refractivity contribution in [3.05, 3.63) is 72.2 Å². The van der Waals surface area contributed by atoms with Crippen LogP contribution in [0.3, 0.4) is 0 Å². The second-order valence-corrected chi connectivity index (χ2v) is 8.63. The summed E-state index contributed by atoms with van der Waals surface area (Å²) in [5, 5.41) is 13.1. The van der Waals surface area contributed by atoms with Gasteiger partial charge in [0.25, 0.3) is 0 Å². The Hall–Kier alpha value is -3.96. The molecule has 36 heavy (non-hydrogen) atoms. The van der Waals surface area contributed by atoms with E-state index in [1.54, 1.807) is 17.1 Å². The number of hydrogen-bond donors (Lipinski definition) is 0. The van der Waals surface area contributed by atoms with E-state index in [1.807, 2.05) is 19.1 Å². The average Bonchev–Trinajstić information content (AvgIpc) is 3.41. The van der Waals surface area contributed by atoms with E-state index in [4.69, 9.17) is 4.74 Å². The van der Waals surface area contributed by atoms with Crippen molar-refractivity contribution in [1.82, 2.24) is 34.5 Å². The second-order valence-electron chi connectivity index (χ2n) is 8.63. The summed E-state index contributed by atoms with van der Waals surface area (Å²) in [6, 6.07) is 11.7. The lowest BCUT2D eigenvalue weighted by Gasteiger charge is -2.24. The number of aryl methyl sites for hydroxylation is 1. The summed E-state index contributed by atoms with van der Waals surface area (Å²) in [5.74, 6) is 1.53. The van der Waals surface area contributed by atoms with Crippen LogP contribution in [-0.2, 0) is 19.5 Å².